The number of anilines is 1. The number of rotatable bonds is 15. The summed E-state index contributed by atoms with van der Waals surface area (Å²) in [5.41, 5.74) is 7.77. The molecule has 2 atom stereocenters. The number of halogens is 3. The highest BCUT2D eigenvalue weighted by atomic mass is 35.5. The number of benzene rings is 4. The molecule has 1 saturated carbocycles. The third-order valence-electron chi connectivity index (χ3n) is 15.3. The summed E-state index contributed by atoms with van der Waals surface area (Å²) in [6.07, 6.45) is 7.34. The maximum absolute atomic E-state index is 16.2. The largest absolute Gasteiger partial charge is 0.494 e. The summed E-state index contributed by atoms with van der Waals surface area (Å²) >= 11 is 6.69. The summed E-state index contributed by atoms with van der Waals surface area (Å²) in [5, 5.41) is 11.3. The molecule has 4 aliphatic rings. The van der Waals surface area contributed by atoms with E-state index in [2.05, 4.69) is 38.8 Å². The van der Waals surface area contributed by atoms with Crippen LogP contribution in [0.15, 0.2) is 66.7 Å². The Kier molecular flexibility index (Phi) is 14.2. The number of nitrogens with two attached hydrogens (primary N) is 1. The van der Waals surface area contributed by atoms with Crippen molar-refractivity contribution in [2.75, 3.05) is 58.3 Å². The molecule has 0 unspecified atom stereocenters. The van der Waals surface area contributed by atoms with Crippen molar-refractivity contribution in [3.63, 3.8) is 0 Å². The Morgan fingerprint density at radius 2 is 1.73 bits per heavy atom. The fourth-order valence-electron chi connectivity index (χ4n) is 11.3. The molecule has 9 rings (SSSR count). The van der Waals surface area contributed by atoms with E-state index in [1.54, 1.807) is 0 Å². The number of nitrogens with one attached hydrogen (secondary N) is 2. The van der Waals surface area contributed by atoms with Crippen LogP contribution in [-0.2, 0) is 22.2 Å². The number of ether oxygens (including phenoxy) is 2. The van der Waals surface area contributed by atoms with E-state index in [1.165, 1.54) is 35.8 Å². The number of hydrogen-bond acceptors (Lipinski definition) is 9. The second-order valence-corrected chi connectivity index (χ2v) is 19.8. The Hall–Kier alpha value is -6.10. The van der Waals surface area contributed by atoms with Crippen molar-refractivity contribution in [3.05, 3.63) is 106 Å². The number of imide groups is 1. The molecule has 4 aromatic carbocycles. The van der Waals surface area contributed by atoms with E-state index >= 15 is 8.78 Å². The van der Waals surface area contributed by atoms with Gasteiger partial charge in [0.1, 0.15) is 11.6 Å². The van der Waals surface area contributed by atoms with Crippen LogP contribution in [0.25, 0.3) is 22.0 Å². The molecule has 5 aromatic rings. The van der Waals surface area contributed by atoms with Crippen LogP contribution in [0, 0.1) is 17.6 Å². The monoisotopic (exact) mass is 978 g/mol. The molecule has 4 heterocycles. The first kappa shape index (κ1) is 48.9. The molecular formula is C53H61ClF2N8O6. The third kappa shape index (κ3) is 9.33. The van der Waals surface area contributed by atoms with E-state index in [1.807, 2.05) is 60.9 Å². The van der Waals surface area contributed by atoms with E-state index < -0.39 is 35.1 Å². The number of piperidine rings is 1. The molecular weight excluding hydrogens is 918 g/mol. The van der Waals surface area contributed by atoms with Crippen LogP contribution in [-0.4, -0.2) is 103 Å². The molecule has 1 aliphatic carbocycles. The molecule has 370 valence electrons. The molecule has 3 aliphatic heterocycles. The van der Waals surface area contributed by atoms with Gasteiger partial charge in [0.25, 0.3) is 0 Å². The third-order valence-corrected chi connectivity index (χ3v) is 15.7. The number of carbonyl (C=O) groups is 4. The predicted octanol–water partition coefficient (Wildman–Crippen LogP) is 8.38. The van der Waals surface area contributed by atoms with Gasteiger partial charge in [0.05, 0.1) is 23.2 Å². The van der Waals surface area contributed by atoms with Crippen molar-refractivity contribution in [1.82, 2.24) is 30.2 Å². The normalized spacial score (nSPS) is 21.9. The van der Waals surface area contributed by atoms with Gasteiger partial charge in [-0.05, 0) is 112 Å². The van der Waals surface area contributed by atoms with Crippen molar-refractivity contribution >= 4 is 52.1 Å². The Morgan fingerprint density at radius 3 is 2.43 bits per heavy atom. The second kappa shape index (κ2) is 20.3. The van der Waals surface area contributed by atoms with Gasteiger partial charge in [-0.2, -0.15) is 5.10 Å². The first-order valence-electron chi connectivity index (χ1n) is 24.4. The summed E-state index contributed by atoms with van der Waals surface area (Å²) in [6, 6.07) is 19.5. The fourth-order valence-corrected chi connectivity index (χ4v) is 11.5. The van der Waals surface area contributed by atoms with Crippen molar-refractivity contribution in [3.8, 4) is 22.6 Å². The number of primary amides is 1. The van der Waals surface area contributed by atoms with Gasteiger partial charge in [-0.3, -0.25) is 29.3 Å². The van der Waals surface area contributed by atoms with Gasteiger partial charge in [-0.15, -0.1) is 0 Å². The zero-order valence-electron chi connectivity index (χ0n) is 40.2. The molecule has 0 spiro atoms. The van der Waals surface area contributed by atoms with E-state index in [4.69, 9.17) is 26.8 Å². The zero-order chi connectivity index (χ0) is 49.4. The van der Waals surface area contributed by atoms with Crippen LogP contribution in [0.1, 0.15) is 104 Å². The topological polar surface area (TPSA) is 164 Å². The average molecular weight is 980 g/mol. The maximum atomic E-state index is 16.2. The van der Waals surface area contributed by atoms with Crippen molar-refractivity contribution in [1.29, 1.82) is 0 Å². The van der Waals surface area contributed by atoms with Crippen LogP contribution in [0.4, 0.5) is 19.4 Å². The lowest BCUT2D eigenvalue weighted by Crippen LogP contribution is -2.49. The van der Waals surface area contributed by atoms with Crippen LogP contribution in [0.2, 0.25) is 5.02 Å². The minimum atomic E-state index is -1.07. The zero-order valence-corrected chi connectivity index (χ0v) is 40.9. The van der Waals surface area contributed by atoms with Gasteiger partial charge in [-0.25, -0.2) is 13.6 Å². The molecule has 4 N–H and O–H groups in total. The van der Waals surface area contributed by atoms with Crippen LogP contribution < -0.4 is 30.7 Å². The number of methoxy groups -OCH3 is 1. The second-order valence-electron chi connectivity index (χ2n) is 19.4. The van der Waals surface area contributed by atoms with Crippen molar-refractivity contribution < 1.29 is 37.4 Å². The van der Waals surface area contributed by atoms with Crippen molar-refractivity contribution in [2.24, 2.45) is 18.7 Å². The highest BCUT2D eigenvalue weighted by Crippen LogP contribution is 2.56. The van der Waals surface area contributed by atoms with Gasteiger partial charge in [0.15, 0.2) is 23.0 Å². The molecule has 0 radical (unpaired) electrons. The van der Waals surface area contributed by atoms with Gasteiger partial charge in [0.2, 0.25) is 17.7 Å². The summed E-state index contributed by atoms with van der Waals surface area (Å²) < 4.78 is 45.8. The smallest absolute Gasteiger partial charge is 0.329 e. The van der Waals surface area contributed by atoms with E-state index in [9.17, 15) is 19.2 Å². The number of nitrogens with zero attached hydrogens (tertiary/aromatic N) is 5. The van der Waals surface area contributed by atoms with Gasteiger partial charge in [-0.1, -0.05) is 54.9 Å². The Balaban J connectivity index is 0.763. The van der Waals surface area contributed by atoms with Crippen LogP contribution >= 0.6 is 11.6 Å². The molecule has 70 heavy (non-hydrogen) atoms. The number of aromatic nitrogens is 2. The molecule has 2 saturated heterocycles. The van der Waals surface area contributed by atoms with E-state index in [0.29, 0.717) is 36.9 Å². The van der Waals surface area contributed by atoms with Crippen LogP contribution in [0.3, 0.4) is 0 Å². The minimum absolute atomic E-state index is 0.00312. The number of amides is 5. The standard InChI is InChI=1S/C53H61ClF2N8O6/c1-31-44-42(29-39(55)47(54)46(44)45-38(49(57)66)18-19-41(69-4)48(45)56)70-53(31,35-10-6-5-7-11-35)30-58-36-15-12-33(13-16-36)51(67)61(2)23-8-9-24-63-25-20-32(21-26-63)34-14-17-37-40(28-34)62(3)60-50(37)64-27-22-43(65)59-52(64)68/h5-7,10-11,14,17-19,28-29,31-33,36,58H,8-9,12-13,15-16,20-27,30H2,1-4H3,(H2,57,66)(H,59,65,68)/t31-,33?,36?,53-/m0/s1. The number of unbranched alkanes of at least 4 members (excludes halogenated alkanes) is 1. The Labute approximate surface area is 411 Å². The number of urea groups is 1. The summed E-state index contributed by atoms with van der Waals surface area (Å²) in [7, 11) is 5.10. The number of likely N-dealkylation sites (tertiary alicyclic amines) is 1. The molecule has 1 aromatic heterocycles. The first-order valence-corrected chi connectivity index (χ1v) is 24.8. The first-order chi connectivity index (χ1) is 33.7. The lowest BCUT2D eigenvalue weighted by Gasteiger charge is -2.37. The lowest BCUT2D eigenvalue weighted by molar-refractivity contribution is -0.135. The predicted molar refractivity (Wildman–Crippen MR) is 264 cm³/mol. The quantitative estimate of drug-likeness (QED) is 0.0875. The lowest BCUT2D eigenvalue weighted by atomic mass is 9.77. The Morgan fingerprint density at radius 1 is 0.986 bits per heavy atom. The molecule has 14 nitrogen and oxygen atoms in total. The van der Waals surface area contributed by atoms with Gasteiger partial charge < -0.3 is 30.3 Å². The van der Waals surface area contributed by atoms with Gasteiger partial charge in [0, 0.05) is 86.2 Å². The van der Waals surface area contributed by atoms with Crippen LogP contribution in [0.5, 0.6) is 11.5 Å². The number of carbonyl (C=O) groups excluding carboxylic acids is 4. The average Bonchev–Trinajstić information content (AvgIpc) is 3.84. The molecule has 3 fully saturated rings. The highest BCUT2D eigenvalue weighted by Gasteiger charge is 2.50. The van der Waals surface area contributed by atoms with E-state index in [-0.39, 0.29) is 63.4 Å². The SMILES string of the molecule is COc1ccc(C(N)=O)c(-c2c(Cl)c(F)cc3c2[C@H](C)[C@@](CNC2CCC(C(=O)N(C)CCCCN4CCC(c5ccc6c(N7CCC(=O)NC7=O)nn(C)c6c5)CC4)CC2)(c2ccccc2)O3)c1F. The highest BCUT2D eigenvalue weighted by molar-refractivity contribution is 6.34. The van der Waals surface area contributed by atoms with Gasteiger partial charge >= 0.3 is 6.03 Å². The molecule has 17 heteroatoms. The number of fused-ring (bicyclic) bond motifs is 2. The summed E-state index contributed by atoms with van der Waals surface area (Å²) in [5.74, 6) is -2.23. The Bertz CT molecular complexity index is 2810. The number of aryl methyl sites for hydroxylation is 1. The number of hydrogen-bond donors (Lipinski definition) is 3. The fraction of sp³-hybridized carbons (Fsp3) is 0.453. The van der Waals surface area contributed by atoms with Crippen molar-refractivity contribution in [2.45, 2.75) is 88.2 Å². The molecule has 5 amide bonds. The van der Waals surface area contributed by atoms with E-state index in [0.717, 1.165) is 87.5 Å². The minimum Gasteiger partial charge on any atom is -0.494 e. The molecule has 0 bridgehead atoms. The maximum Gasteiger partial charge on any atom is 0.329 e. The summed E-state index contributed by atoms with van der Waals surface area (Å²) in [4.78, 5) is 56.6. The summed E-state index contributed by atoms with van der Waals surface area (Å²) in [6.45, 7) is 6.28.